The molecule has 0 spiro atoms. The lowest BCUT2D eigenvalue weighted by Crippen LogP contribution is -2.01. The lowest BCUT2D eigenvalue weighted by atomic mass is 9.92. The fraction of sp³-hybridized carbons (Fsp3) is 0. The molecule has 0 saturated heterocycles. The van der Waals surface area contributed by atoms with E-state index in [0.717, 1.165) is 71.7 Å². The van der Waals surface area contributed by atoms with E-state index < -0.39 is 0 Å². The van der Waals surface area contributed by atoms with Gasteiger partial charge in [-0.05, 0) is 80.6 Å². The Balaban J connectivity index is 1.21. The van der Waals surface area contributed by atoms with Crippen molar-refractivity contribution in [3.05, 3.63) is 188 Å². The van der Waals surface area contributed by atoms with Crippen molar-refractivity contribution in [3.63, 3.8) is 0 Å². The first kappa shape index (κ1) is 30.6. The molecule has 0 unspecified atom stereocenters. The molecule has 10 rings (SSSR count). The quantitative estimate of drug-likeness (QED) is 0.176. The summed E-state index contributed by atoms with van der Waals surface area (Å²) in [5, 5.41) is 4.27. The van der Waals surface area contributed by atoms with Crippen LogP contribution in [0.4, 0.5) is 0 Å². The maximum absolute atomic E-state index is 6.45. The molecule has 53 heavy (non-hydrogen) atoms. The van der Waals surface area contributed by atoms with E-state index in [1.165, 1.54) is 11.1 Å². The highest BCUT2D eigenvalue weighted by atomic mass is 16.3. The van der Waals surface area contributed by atoms with Gasteiger partial charge in [0.2, 0.25) is 0 Å². The first-order valence-corrected chi connectivity index (χ1v) is 17.8. The Morgan fingerprint density at radius 2 is 0.849 bits per heavy atom. The summed E-state index contributed by atoms with van der Waals surface area (Å²) in [7, 11) is 0. The van der Waals surface area contributed by atoms with Crippen LogP contribution < -0.4 is 0 Å². The number of hydrogen-bond donors (Lipinski definition) is 0. The minimum Gasteiger partial charge on any atom is -0.456 e. The summed E-state index contributed by atoms with van der Waals surface area (Å²) in [5.41, 5.74) is 11.1. The second-order valence-electron chi connectivity index (χ2n) is 13.2. The molecule has 0 radical (unpaired) electrons. The van der Waals surface area contributed by atoms with Crippen LogP contribution in [0.3, 0.4) is 0 Å². The van der Waals surface area contributed by atoms with Gasteiger partial charge in [-0.2, -0.15) is 0 Å². The SMILES string of the molecule is c1ccc(-c2cccc(-c3ccc4oc5ccccc5c4c3-c3nc(-c4ccccc4)nc(-c4ccc5cc(-c6ccccc6)ccc5c4)n3)c2)cc1. The maximum Gasteiger partial charge on any atom is 0.165 e. The molecule has 4 nitrogen and oxygen atoms in total. The van der Waals surface area contributed by atoms with Gasteiger partial charge in [0.05, 0.1) is 0 Å². The van der Waals surface area contributed by atoms with Crippen molar-refractivity contribution in [2.75, 3.05) is 0 Å². The first-order chi connectivity index (χ1) is 26.2. The Morgan fingerprint density at radius 3 is 1.57 bits per heavy atom. The number of nitrogens with zero attached hydrogens (tertiary/aromatic N) is 3. The lowest BCUT2D eigenvalue weighted by molar-refractivity contribution is 0.669. The molecule has 0 amide bonds. The van der Waals surface area contributed by atoms with Crippen LogP contribution in [0.5, 0.6) is 0 Å². The molecule has 0 aliphatic carbocycles. The van der Waals surface area contributed by atoms with Gasteiger partial charge >= 0.3 is 0 Å². The zero-order valence-corrected chi connectivity index (χ0v) is 28.6. The molecule has 10 aromatic rings. The third kappa shape index (κ3) is 5.63. The van der Waals surface area contributed by atoms with Crippen molar-refractivity contribution in [1.82, 2.24) is 15.0 Å². The van der Waals surface area contributed by atoms with Gasteiger partial charge in [0, 0.05) is 27.5 Å². The van der Waals surface area contributed by atoms with Crippen LogP contribution in [-0.4, -0.2) is 15.0 Å². The van der Waals surface area contributed by atoms with E-state index in [0.29, 0.717) is 17.5 Å². The molecule has 0 saturated carbocycles. The van der Waals surface area contributed by atoms with Crippen molar-refractivity contribution in [2.24, 2.45) is 0 Å². The fourth-order valence-electron chi connectivity index (χ4n) is 7.31. The van der Waals surface area contributed by atoms with E-state index in [2.05, 4.69) is 133 Å². The fourth-order valence-corrected chi connectivity index (χ4v) is 7.31. The van der Waals surface area contributed by atoms with Crippen LogP contribution in [0.2, 0.25) is 0 Å². The van der Waals surface area contributed by atoms with Gasteiger partial charge in [0.25, 0.3) is 0 Å². The predicted molar refractivity (Wildman–Crippen MR) is 217 cm³/mol. The Hall–Kier alpha value is -7.17. The smallest absolute Gasteiger partial charge is 0.165 e. The number of fused-ring (bicyclic) bond motifs is 4. The van der Waals surface area contributed by atoms with E-state index in [1.807, 2.05) is 54.6 Å². The average molecular weight is 678 g/mol. The molecule has 248 valence electrons. The number of benzene rings is 8. The summed E-state index contributed by atoms with van der Waals surface area (Å²) in [4.78, 5) is 15.7. The predicted octanol–water partition coefficient (Wildman–Crippen LogP) is 12.9. The third-order valence-corrected chi connectivity index (χ3v) is 9.92. The van der Waals surface area contributed by atoms with Crippen molar-refractivity contribution < 1.29 is 4.42 Å². The van der Waals surface area contributed by atoms with Crippen LogP contribution in [-0.2, 0) is 0 Å². The minimum atomic E-state index is 0.589. The Bertz CT molecular complexity index is 2940. The molecule has 2 aromatic heterocycles. The molecule has 0 N–H and O–H groups in total. The second kappa shape index (κ2) is 12.9. The number of para-hydroxylation sites is 1. The zero-order chi connectivity index (χ0) is 35.1. The highest BCUT2D eigenvalue weighted by Crippen LogP contribution is 2.43. The van der Waals surface area contributed by atoms with Gasteiger partial charge in [0.1, 0.15) is 11.2 Å². The van der Waals surface area contributed by atoms with Gasteiger partial charge in [-0.15, -0.1) is 0 Å². The van der Waals surface area contributed by atoms with Crippen molar-refractivity contribution >= 4 is 32.7 Å². The first-order valence-electron chi connectivity index (χ1n) is 17.8. The van der Waals surface area contributed by atoms with Crippen LogP contribution in [0.15, 0.2) is 192 Å². The Morgan fingerprint density at radius 1 is 0.321 bits per heavy atom. The van der Waals surface area contributed by atoms with E-state index in [1.54, 1.807) is 0 Å². The Labute approximate surface area is 306 Å². The topological polar surface area (TPSA) is 51.8 Å². The monoisotopic (exact) mass is 677 g/mol. The third-order valence-electron chi connectivity index (χ3n) is 9.92. The normalized spacial score (nSPS) is 11.4. The number of aromatic nitrogens is 3. The molecule has 4 heteroatoms. The number of hydrogen-bond acceptors (Lipinski definition) is 4. The van der Waals surface area contributed by atoms with Gasteiger partial charge < -0.3 is 4.42 Å². The summed E-state index contributed by atoms with van der Waals surface area (Å²) >= 11 is 0. The van der Waals surface area contributed by atoms with E-state index >= 15 is 0 Å². The average Bonchev–Trinajstić information content (AvgIpc) is 3.63. The van der Waals surface area contributed by atoms with Crippen LogP contribution in [0.25, 0.3) is 100 Å². The second-order valence-corrected chi connectivity index (χ2v) is 13.2. The van der Waals surface area contributed by atoms with Crippen LogP contribution in [0.1, 0.15) is 0 Å². The van der Waals surface area contributed by atoms with Gasteiger partial charge in [-0.3, -0.25) is 0 Å². The highest BCUT2D eigenvalue weighted by Gasteiger charge is 2.22. The van der Waals surface area contributed by atoms with Gasteiger partial charge in [0.15, 0.2) is 17.5 Å². The standard InChI is InChI=1S/C49H31N3O/c1-4-13-32(14-5-1)35-19-12-20-39(30-35)41-27-28-44-45(42-21-10-11-22-43(42)53-44)46(41)49-51-47(34-17-8-3-9-18-34)50-48(52-49)40-26-25-37-29-36(23-24-38(37)31-40)33-15-6-2-7-16-33/h1-31H. The van der Waals surface area contributed by atoms with Crippen molar-refractivity contribution in [3.8, 4) is 67.5 Å². The molecular formula is C49H31N3O. The Kier molecular flexibility index (Phi) is 7.43. The summed E-state index contributed by atoms with van der Waals surface area (Å²) in [6, 6.07) is 65.2. The molecule has 2 heterocycles. The van der Waals surface area contributed by atoms with Crippen LogP contribution in [0, 0.1) is 0 Å². The van der Waals surface area contributed by atoms with Crippen molar-refractivity contribution in [1.29, 1.82) is 0 Å². The van der Waals surface area contributed by atoms with Gasteiger partial charge in [-0.1, -0.05) is 152 Å². The molecule has 0 fully saturated rings. The van der Waals surface area contributed by atoms with Crippen molar-refractivity contribution in [2.45, 2.75) is 0 Å². The molecule has 8 aromatic carbocycles. The summed E-state index contributed by atoms with van der Waals surface area (Å²) in [6.07, 6.45) is 0. The summed E-state index contributed by atoms with van der Waals surface area (Å²) in [5.74, 6) is 1.81. The lowest BCUT2D eigenvalue weighted by Gasteiger charge is -2.14. The zero-order valence-electron chi connectivity index (χ0n) is 28.6. The summed E-state index contributed by atoms with van der Waals surface area (Å²) in [6.45, 7) is 0. The highest BCUT2D eigenvalue weighted by molar-refractivity contribution is 6.15. The molecule has 0 aliphatic rings. The molecule has 0 aliphatic heterocycles. The largest absolute Gasteiger partial charge is 0.456 e. The molecule has 0 bridgehead atoms. The minimum absolute atomic E-state index is 0.589. The summed E-state index contributed by atoms with van der Waals surface area (Å²) < 4.78 is 6.45. The van der Waals surface area contributed by atoms with E-state index in [9.17, 15) is 0 Å². The van der Waals surface area contributed by atoms with Crippen LogP contribution >= 0.6 is 0 Å². The van der Waals surface area contributed by atoms with Gasteiger partial charge in [-0.25, -0.2) is 15.0 Å². The number of furan rings is 1. The number of rotatable bonds is 6. The van der Waals surface area contributed by atoms with E-state index in [-0.39, 0.29) is 0 Å². The maximum atomic E-state index is 6.45. The van der Waals surface area contributed by atoms with E-state index in [4.69, 9.17) is 19.4 Å². The molecule has 0 atom stereocenters. The molecular weight excluding hydrogens is 647 g/mol.